The largest absolute Gasteiger partial charge is 0.493 e. The van der Waals surface area contributed by atoms with Crippen LogP contribution in [0.25, 0.3) is 0 Å². The lowest BCUT2D eigenvalue weighted by Gasteiger charge is -2.44. The third kappa shape index (κ3) is 4.89. The highest BCUT2D eigenvalue weighted by atomic mass is 79.9. The highest BCUT2D eigenvalue weighted by molar-refractivity contribution is 9.10. The van der Waals surface area contributed by atoms with Crippen molar-refractivity contribution >= 4 is 21.9 Å². The second-order valence-electron chi connectivity index (χ2n) is 9.22. The van der Waals surface area contributed by atoms with Crippen LogP contribution in [0.4, 0.5) is 0 Å². The summed E-state index contributed by atoms with van der Waals surface area (Å²) in [6, 6.07) is 12.9. The Bertz CT molecular complexity index is 972. The Morgan fingerprint density at radius 1 is 1.16 bits per heavy atom. The molecule has 0 spiro atoms. The van der Waals surface area contributed by atoms with E-state index in [2.05, 4.69) is 73.1 Å². The van der Waals surface area contributed by atoms with Crippen LogP contribution in [0.1, 0.15) is 68.9 Å². The minimum Gasteiger partial charge on any atom is -0.493 e. The van der Waals surface area contributed by atoms with Gasteiger partial charge in [-0.1, -0.05) is 61.0 Å². The molecule has 2 aromatic rings. The first-order chi connectivity index (χ1) is 15.4. The van der Waals surface area contributed by atoms with E-state index in [1.807, 2.05) is 0 Å². The first-order valence-corrected chi connectivity index (χ1v) is 12.5. The van der Waals surface area contributed by atoms with Crippen LogP contribution in [0.3, 0.4) is 0 Å². The molecule has 2 aliphatic heterocycles. The van der Waals surface area contributed by atoms with Crippen molar-refractivity contribution in [1.29, 1.82) is 0 Å². The molecule has 2 heterocycles. The molecule has 0 aromatic heterocycles. The molecular formula is C27H33BrO4. The lowest BCUT2D eigenvalue weighted by Crippen LogP contribution is -2.46. The van der Waals surface area contributed by atoms with Crippen molar-refractivity contribution in [3.05, 3.63) is 63.1 Å². The van der Waals surface area contributed by atoms with Gasteiger partial charge in [-0.15, -0.1) is 0 Å². The lowest BCUT2D eigenvalue weighted by atomic mass is 9.78. The third-order valence-corrected chi connectivity index (χ3v) is 7.80. The fourth-order valence-corrected chi connectivity index (χ4v) is 5.44. The van der Waals surface area contributed by atoms with Crippen molar-refractivity contribution in [2.75, 3.05) is 6.61 Å². The summed E-state index contributed by atoms with van der Waals surface area (Å²) in [6.07, 6.45) is 3.49. The maximum Gasteiger partial charge on any atom is 0.303 e. The SMILES string of the molecule is CC[C@H]1O[C@@H](c2ccc(Br)c(Cc3ccc4c(c3)CCCO4)c2)[C@H](OC(C)=O)[C@@H](C)[C@@H]1C. The lowest BCUT2D eigenvalue weighted by molar-refractivity contribution is -0.196. The van der Waals surface area contributed by atoms with Gasteiger partial charge in [0, 0.05) is 17.3 Å². The quantitative estimate of drug-likeness (QED) is 0.444. The van der Waals surface area contributed by atoms with E-state index in [9.17, 15) is 4.79 Å². The summed E-state index contributed by atoms with van der Waals surface area (Å²) in [5, 5.41) is 0. The molecule has 5 heteroatoms. The minimum atomic E-state index is -0.291. The summed E-state index contributed by atoms with van der Waals surface area (Å²) in [5.41, 5.74) is 4.82. The summed E-state index contributed by atoms with van der Waals surface area (Å²) < 4.78 is 19.2. The molecule has 0 saturated carbocycles. The van der Waals surface area contributed by atoms with E-state index in [0.717, 1.165) is 48.1 Å². The normalized spacial score (nSPS) is 27.3. The maximum absolute atomic E-state index is 11.9. The number of esters is 1. The number of hydrogen-bond acceptors (Lipinski definition) is 4. The second-order valence-corrected chi connectivity index (χ2v) is 10.1. The molecule has 5 atom stereocenters. The standard InChI is InChI=1S/C27H33BrO4/c1-5-24-16(2)17(3)26(31-18(4)29)27(32-24)21-9-10-23(28)22(15-21)14-19-8-11-25-20(13-19)7-6-12-30-25/h8-11,13,15-17,24,26-27H,5-7,12,14H2,1-4H3/t16-,17-,24+,26+,27-/m0/s1. The van der Waals surface area contributed by atoms with Crippen molar-refractivity contribution in [3.63, 3.8) is 0 Å². The molecule has 0 amide bonds. The Labute approximate surface area is 199 Å². The summed E-state index contributed by atoms with van der Waals surface area (Å²) in [7, 11) is 0. The molecule has 4 nitrogen and oxygen atoms in total. The number of hydrogen-bond donors (Lipinski definition) is 0. The Kier molecular flexibility index (Phi) is 7.26. The van der Waals surface area contributed by atoms with Gasteiger partial charge in [-0.2, -0.15) is 0 Å². The first kappa shape index (κ1) is 23.3. The van der Waals surface area contributed by atoms with Gasteiger partial charge in [0.1, 0.15) is 18.0 Å². The summed E-state index contributed by atoms with van der Waals surface area (Å²) in [6.45, 7) is 8.81. The molecular weight excluding hydrogens is 468 g/mol. The molecule has 1 fully saturated rings. The summed E-state index contributed by atoms with van der Waals surface area (Å²) >= 11 is 3.74. The highest BCUT2D eigenvalue weighted by Crippen LogP contribution is 2.42. The Morgan fingerprint density at radius 2 is 1.97 bits per heavy atom. The van der Waals surface area contributed by atoms with E-state index in [1.165, 1.54) is 23.6 Å². The summed E-state index contributed by atoms with van der Waals surface area (Å²) in [4.78, 5) is 11.9. The average molecular weight is 501 g/mol. The molecule has 32 heavy (non-hydrogen) atoms. The molecule has 172 valence electrons. The zero-order chi connectivity index (χ0) is 22.8. The van der Waals surface area contributed by atoms with Crippen molar-refractivity contribution in [1.82, 2.24) is 0 Å². The topological polar surface area (TPSA) is 44.8 Å². The van der Waals surface area contributed by atoms with E-state index in [4.69, 9.17) is 14.2 Å². The van der Waals surface area contributed by atoms with Crippen molar-refractivity contribution in [2.45, 2.75) is 71.7 Å². The number of rotatable bonds is 5. The van der Waals surface area contributed by atoms with E-state index in [-0.39, 0.29) is 30.2 Å². The Balaban J connectivity index is 1.63. The zero-order valence-electron chi connectivity index (χ0n) is 19.4. The monoisotopic (exact) mass is 500 g/mol. The molecule has 0 N–H and O–H groups in total. The fraction of sp³-hybridized carbons (Fsp3) is 0.519. The minimum absolute atomic E-state index is 0.148. The highest BCUT2D eigenvalue weighted by Gasteiger charge is 2.43. The molecule has 0 radical (unpaired) electrons. The van der Waals surface area contributed by atoms with Crippen LogP contribution in [0.15, 0.2) is 40.9 Å². The molecule has 0 unspecified atom stereocenters. The van der Waals surface area contributed by atoms with Crippen molar-refractivity contribution in [2.24, 2.45) is 11.8 Å². The Morgan fingerprint density at radius 3 is 2.72 bits per heavy atom. The van der Waals surface area contributed by atoms with Gasteiger partial charge in [-0.05, 0) is 66.0 Å². The van der Waals surface area contributed by atoms with E-state index in [0.29, 0.717) is 5.92 Å². The molecule has 4 rings (SSSR count). The number of benzene rings is 2. The van der Waals surface area contributed by atoms with Crippen LogP contribution in [0.5, 0.6) is 5.75 Å². The smallest absolute Gasteiger partial charge is 0.303 e. The number of carbonyl (C=O) groups excluding carboxylic acids is 1. The van der Waals surface area contributed by atoms with E-state index in [1.54, 1.807) is 0 Å². The number of ether oxygens (including phenoxy) is 3. The van der Waals surface area contributed by atoms with Gasteiger partial charge in [0.15, 0.2) is 0 Å². The van der Waals surface area contributed by atoms with Crippen LogP contribution >= 0.6 is 15.9 Å². The van der Waals surface area contributed by atoms with Crippen LogP contribution in [0.2, 0.25) is 0 Å². The zero-order valence-corrected chi connectivity index (χ0v) is 21.0. The molecule has 2 aromatic carbocycles. The molecule has 0 aliphatic carbocycles. The van der Waals surface area contributed by atoms with E-state index < -0.39 is 0 Å². The van der Waals surface area contributed by atoms with Crippen molar-refractivity contribution < 1.29 is 19.0 Å². The van der Waals surface area contributed by atoms with Crippen LogP contribution in [0, 0.1) is 11.8 Å². The van der Waals surface area contributed by atoms with Gasteiger partial charge in [-0.3, -0.25) is 4.79 Å². The average Bonchev–Trinajstić information content (AvgIpc) is 2.78. The van der Waals surface area contributed by atoms with Crippen LogP contribution < -0.4 is 4.74 Å². The predicted molar refractivity (Wildman–Crippen MR) is 129 cm³/mol. The molecule has 1 saturated heterocycles. The maximum atomic E-state index is 11.9. The van der Waals surface area contributed by atoms with Crippen molar-refractivity contribution in [3.8, 4) is 5.75 Å². The number of aryl methyl sites for hydroxylation is 1. The van der Waals surface area contributed by atoms with Crippen LogP contribution in [-0.2, 0) is 27.1 Å². The number of halogens is 1. The predicted octanol–water partition coefficient (Wildman–Crippen LogP) is 6.42. The van der Waals surface area contributed by atoms with Gasteiger partial charge >= 0.3 is 5.97 Å². The number of fused-ring (bicyclic) bond motifs is 1. The second kappa shape index (κ2) is 9.96. The first-order valence-electron chi connectivity index (χ1n) is 11.7. The van der Waals surface area contributed by atoms with Gasteiger partial charge in [0.2, 0.25) is 0 Å². The molecule has 0 bridgehead atoms. The van der Waals surface area contributed by atoms with Gasteiger partial charge in [-0.25, -0.2) is 0 Å². The fourth-order valence-electron chi connectivity index (χ4n) is 5.05. The van der Waals surface area contributed by atoms with Gasteiger partial charge < -0.3 is 14.2 Å². The van der Waals surface area contributed by atoms with E-state index >= 15 is 0 Å². The summed E-state index contributed by atoms with van der Waals surface area (Å²) in [5.74, 6) is 1.30. The number of carbonyl (C=O) groups is 1. The Hall–Kier alpha value is -1.85. The van der Waals surface area contributed by atoms with Gasteiger partial charge in [0.05, 0.1) is 12.7 Å². The molecule has 2 aliphatic rings. The van der Waals surface area contributed by atoms with Crippen LogP contribution in [-0.4, -0.2) is 24.8 Å². The van der Waals surface area contributed by atoms with Gasteiger partial charge in [0.25, 0.3) is 0 Å². The third-order valence-electron chi connectivity index (χ3n) is 7.02.